The zero-order valence-electron chi connectivity index (χ0n) is 6.88. The summed E-state index contributed by atoms with van der Waals surface area (Å²) >= 11 is 4.50. The number of thiazole rings is 1. The summed E-state index contributed by atoms with van der Waals surface area (Å²) < 4.78 is 12.7. The summed E-state index contributed by atoms with van der Waals surface area (Å²) in [6.07, 6.45) is 0. The quantitative estimate of drug-likeness (QED) is 0.910. The van der Waals surface area contributed by atoms with Gasteiger partial charge in [-0.15, -0.1) is 11.3 Å². The number of amides is 1. The topological polar surface area (TPSA) is 42.0 Å². The van der Waals surface area contributed by atoms with E-state index in [4.69, 9.17) is 0 Å². The van der Waals surface area contributed by atoms with Crippen molar-refractivity contribution in [3.05, 3.63) is 15.0 Å². The molecule has 0 saturated heterocycles. The maximum absolute atomic E-state index is 12.0. The van der Waals surface area contributed by atoms with Crippen LogP contribution in [0.25, 0.3) is 0 Å². The maximum atomic E-state index is 12.0. The molecule has 13 heavy (non-hydrogen) atoms. The number of halogens is 2. The van der Waals surface area contributed by atoms with Crippen molar-refractivity contribution in [2.75, 3.05) is 6.67 Å². The molecule has 0 aliphatic carbocycles. The minimum absolute atomic E-state index is 0.310. The van der Waals surface area contributed by atoms with Gasteiger partial charge in [0.25, 0.3) is 5.91 Å². The van der Waals surface area contributed by atoms with Crippen LogP contribution in [-0.4, -0.2) is 23.6 Å². The zero-order valence-corrected chi connectivity index (χ0v) is 9.28. The molecule has 1 heterocycles. The second-order valence-corrected chi connectivity index (χ2v) is 4.68. The van der Waals surface area contributed by atoms with Crippen LogP contribution in [0.5, 0.6) is 0 Å². The van der Waals surface area contributed by atoms with Gasteiger partial charge in [0.1, 0.15) is 10.5 Å². The van der Waals surface area contributed by atoms with Crippen molar-refractivity contribution in [1.82, 2.24) is 10.3 Å². The van der Waals surface area contributed by atoms with Gasteiger partial charge >= 0.3 is 0 Å². The Bertz CT molecular complexity index is 304. The third-order valence-corrected chi connectivity index (χ3v) is 2.90. The highest BCUT2D eigenvalue weighted by Crippen LogP contribution is 2.20. The molecule has 1 N–H and O–H groups in total. The van der Waals surface area contributed by atoms with Gasteiger partial charge in [-0.3, -0.25) is 4.79 Å². The summed E-state index contributed by atoms with van der Waals surface area (Å²) in [5.41, 5.74) is 1.87. The van der Waals surface area contributed by atoms with Gasteiger partial charge < -0.3 is 5.32 Å². The van der Waals surface area contributed by atoms with Gasteiger partial charge in [-0.2, -0.15) is 0 Å². The number of alkyl halides is 1. The molecule has 3 nitrogen and oxygen atoms in total. The number of nitrogens with one attached hydrogen (secondary N) is 1. The SMILES string of the molecule is CC(CF)NC(=O)c1ncsc1Br. The molecular weight excluding hydrogens is 259 g/mol. The number of aromatic nitrogens is 1. The van der Waals surface area contributed by atoms with Crippen LogP contribution in [0.4, 0.5) is 4.39 Å². The summed E-state index contributed by atoms with van der Waals surface area (Å²) in [5.74, 6) is -0.349. The zero-order chi connectivity index (χ0) is 9.84. The molecule has 0 radical (unpaired) electrons. The molecule has 1 aromatic heterocycles. The molecule has 0 bridgehead atoms. The average Bonchev–Trinajstić information content (AvgIpc) is 2.51. The minimum Gasteiger partial charge on any atom is -0.346 e. The first-order valence-corrected chi connectivity index (χ1v) is 5.28. The van der Waals surface area contributed by atoms with E-state index in [2.05, 4.69) is 26.2 Å². The third kappa shape index (κ3) is 2.73. The Morgan fingerprint density at radius 2 is 2.62 bits per heavy atom. The van der Waals surface area contributed by atoms with Crippen LogP contribution < -0.4 is 5.32 Å². The van der Waals surface area contributed by atoms with E-state index in [1.54, 1.807) is 12.4 Å². The first-order valence-electron chi connectivity index (χ1n) is 3.61. The van der Waals surface area contributed by atoms with Crippen LogP contribution in [0.1, 0.15) is 17.4 Å². The lowest BCUT2D eigenvalue weighted by molar-refractivity contribution is 0.0929. The fraction of sp³-hybridized carbons (Fsp3) is 0.429. The van der Waals surface area contributed by atoms with Crippen molar-refractivity contribution < 1.29 is 9.18 Å². The smallest absolute Gasteiger partial charge is 0.272 e. The number of rotatable bonds is 3. The van der Waals surface area contributed by atoms with Crippen LogP contribution in [0.15, 0.2) is 9.30 Å². The summed E-state index contributed by atoms with van der Waals surface area (Å²) in [6, 6.07) is -0.471. The van der Waals surface area contributed by atoms with Gasteiger partial charge in [0, 0.05) is 0 Å². The van der Waals surface area contributed by atoms with Crippen molar-refractivity contribution in [1.29, 1.82) is 0 Å². The van der Waals surface area contributed by atoms with Crippen molar-refractivity contribution in [2.24, 2.45) is 0 Å². The molecule has 1 aromatic rings. The molecule has 0 saturated carbocycles. The predicted octanol–water partition coefficient (Wildman–Crippen LogP) is 1.99. The van der Waals surface area contributed by atoms with E-state index in [1.807, 2.05) is 0 Å². The molecule has 1 amide bonds. The lowest BCUT2D eigenvalue weighted by Gasteiger charge is -2.07. The van der Waals surface area contributed by atoms with Crippen molar-refractivity contribution in [3.63, 3.8) is 0 Å². The Hall–Kier alpha value is -0.490. The highest BCUT2D eigenvalue weighted by molar-refractivity contribution is 9.11. The summed E-state index contributed by atoms with van der Waals surface area (Å²) in [5, 5.41) is 2.47. The number of nitrogens with zero attached hydrogens (tertiary/aromatic N) is 1. The van der Waals surface area contributed by atoms with Gasteiger partial charge in [-0.05, 0) is 22.9 Å². The van der Waals surface area contributed by atoms with Crippen LogP contribution in [-0.2, 0) is 0 Å². The molecule has 1 atom stereocenters. The molecule has 0 spiro atoms. The maximum Gasteiger partial charge on any atom is 0.272 e. The van der Waals surface area contributed by atoms with Crippen molar-refractivity contribution in [3.8, 4) is 0 Å². The summed E-state index contributed by atoms with van der Waals surface area (Å²) in [6.45, 7) is 1.02. The molecule has 1 rings (SSSR count). The Kier molecular flexibility index (Phi) is 3.80. The molecule has 6 heteroatoms. The van der Waals surface area contributed by atoms with Crippen LogP contribution in [0.3, 0.4) is 0 Å². The predicted molar refractivity (Wildman–Crippen MR) is 52.7 cm³/mol. The van der Waals surface area contributed by atoms with E-state index >= 15 is 0 Å². The van der Waals surface area contributed by atoms with Crippen LogP contribution >= 0.6 is 27.3 Å². The minimum atomic E-state index is -0.576. The van der Waals surface area contributed by atoms with Crippen molar-refractivity contribution >= 4 is 33.2 Å². The molecule has 0 fully saturated rings. The second-order valence-electron chi connectivity index (χ2n) is 2.50. The Labute approximate surface area is 87.5 Å². The van der Waals surface area contributed by atoms with E-state index in [0.717, 1.165) is 0 Å². The van der Waals surface area contributed by atoms with E-state index in [-0.39, 0.29) is 5.91 Å². The number of hydrogen-bond donors (Lipinski definition) is 1. The standard InChI is InChI=1S/C7H8BrFN2OS/c1-4(2-9)11-7(12)5-6(8)13-3-10-5/h3-4H,2H2,1H3,(H,11,12). The van der Waals surface area contributed by atoms with Gasteiger partial charge in [-0.25, -0.2) is 9.37 Å². The van der Waals surface area contributed by atoms with Gasteiger partial charge in [0.15, 0.2) is 5.69 Å². The van der Waals surface area contributed by atoms with Crippen molar-refractivity contribution in [2.45, 2.75) is 13.0 Å². The van der Waals surface area contributed by atoms with Crippen LogP contribution in [0.2, 0.25) is 0 Å². The number of hydrogen-bond acceptors (Lipinski definition) is 3. The first kappa shape index (κ1) is 10.6. The lowest BCUT2D eigenvalue weighted by Crippen LogP contribution is -2.34. The molecular formula is C7H8BrFN2OS. The van der Waals surface area contributed by atoms with E-state index in [1.165, 1.54) is 11.3 Å². The molecule has 0 aromatic carbocycles. The lowest BCUT2D eigenvalue weighted by atomic mass is 10.3. The monoisotopic (exact) mass is 266 g/mol. The summed E-state index contributed by atoms with van der Waals surface area (Å²) in [4.78, 5) is 15.2. The fourth-order valence-corrected chi connectivity index (χ4v) is 1.75. The highest BCUT2D eigenvalue weighted by Gasteiger charge is 2.14. The van der Waals surface area contributed by atoms with Crippen LogP contribution in [0, 0.1) is 0 Å². The average molecular weight is 267 g/mol. The molecule has 0 aliphatic heterocycles. The van der Waals surface area contributed by atoms with E-state index < -0.39 is 12.7 Å². The highest BCUT2D eigenvalue weighted by atomic mass is 79.9. The third-order valence-electron chi connectivity index (χ3n) is 1.35. The second kappa shape index (κ2) is 4.66. The number of carbonyl (C=O) groups is 1. The van der Waals surface area contributed by atoms with Gasteiger partial charge in [0.05, 0.1) is 11.6 Å². The van der Waals surface area contributed by atoms with Gasteiger partial charge in [-0.1, -0.05) is 0 Å². The molecule has 1 unspecified atom stereocenters. The first-order chi connectivity index (χ1) is 6.15. The Morgan fingerprint density at radius 3 is 3.08 bits per heavy atom. The van der Waals surface area contributed by atoms with E-state index in [0.29, 0.717) is 9.48 Å². The van der Waals surface area contributed by atoms with E-state index in [9.17, 15) is 9.18 Å². The Balaban J connectivity index is 2.64. The number of carbonyl (C=O) groups excluding carboxylic acids is 1. The summed E-state index contributed by atoms with van der Waals surface area (Å²) in [7, 11) is 0. The fourth-order valence-electron chi connectivity index (χ4n) is 0.711. The molecule has 72 valence electrons. The largest absolute Gasteiger partial charge is 0.346 e. The van der Waals surface area contributed by atoms with Gasteiger partial charge in [0.2, 0.25) is 0 Å². The normalized spacial score (nSPS) is 12.5. The Morgan fingerprint density at radius 1 is 1.92 bits per heavy atom. The molecule has 0 aliphatic rings.